The van der Waals surface area contributed by atoms with Crippen molar-refractivity contribution < 1.29 is 24.1 Å². The highest BCUT2D eigenvalue weighted by Crippen LogP contribution is 2.28. The SMILES string of the molecule is COc1cc(CC(N)C(=O)O)ccc1OCCN1CCOCC1. The molecule has 0 aromatic heterocycles. The van der Waals surface area contributed by atoms with Gasteiger partial charge in [0.1, 0.15) is 12.6 Å². The molecule has 1 aromatic carbocycles. The number of aliphatic carboxylic acids is 1. The van der Waals surface area contributed by atoms with E-state index in [0.29, 0.717) is 18.1 Å². The smallest absolute Gasteiger partial charge is 0.320 e. The maximum atomic E-state index is 10.8. The Bertz CT molecular complexity index is 517. The summed E-state index contributed by atoms with van der Waals surface area (Å²) >= 11 is 0. The van der Waals surface area contributed by atoms with E-state index >= 15 is 0 Å². The zero-order chi connectivity index (χ0) is 16.7. The average Bonchev–Trinajstić information content (AvgIpc) is 2.56. The Balaban J connectivity index is 1.89. The van der Waals surface area contributed by atoms with Crippen molar-refractivity contribution in [2.24, 2.45) is 5.73 Å². The van der Waals surface area contributed by atoms with Gasteiger partial charge in [-0.05, 0) is 24.1 Å². The highest BCUT2D eigenvalue weighted by molar-refractivity contribution is 5.73. The molecule has 0 bridgehead atoms. The first kappa shape index (κ1) is 17.5. The molecule has 1 atom stereocenters. The van der Waals surface area contributed by atoms with Gasteiger partial charge in [0.2, 0.25) is 0 Å². The lowest BCUT2D eigenvalue weighted by atomic mass is 10.1. The summed E-state index contributed by atoms with van der Waals surface area (Å²) in [6.45, 7) is 4.77. The molecule has 1 aliphatic rings. The molecule has 0 amide bonds. The molecule has 0 aliphatic carbocycles. The van der Waals surface area contributed by atoms with Crippen LogP contribution in [0.3, 0.4) is 0 Å². The fraction of sp³-hybridized carbons (Fsp3) is 0.562. The first-order valence-corrected chi connectivity index (χ1v) is 7.68. The third-order valence-corrected chi connectivity index (χ3v) is 3.77. The van der Waals surface area contributed by atoms with Gasteiger partial charge >= 0.3 is 5.97 Å². The van der Waals surface area contributed by atoms with Crippen LogP contribution in [-0.4, -0.2) is 68.6 Å². The van der Waals surface area contributed by atoms with Gasteiger partial charge in [-0.2, -0.15) is 0 Å². The standard InChI is InChI=1S/C16H24N2O5/c1-21-15-11-12(10-13(17)16(19)20)2-3-14(15)23-9-6-18-4-7-22-8-5-18/h2-3,11,13H,4-10,17H2,1H3,(H,19,20). The molecular formula is C16H24N2O5. The van der Waals surface area contributed by atoms with Crippen molar-refractivity contribution in [1.82, 2.24) is 4.90 Å². The van der Waals surface area contributed by atoms with E-state index in [2.05, 4.69) is 4.90 Å². The van der Waals surface area contributed by atoms with Crippen LogP contribution >= 0.6 is 0 Å². The molecule has 7 nitrogen and oxygen atoms in total. The normalized spacial score (nSPS) is 16.8. The van der Waals surface area contributed by atoms with Gasteiger partial charge in [0.25, 0.3) is 0 Å². The Morgan fingerprint density at radius 2 is 2.13 bits per heavy atom. The van der Waals surface area contributed by atoms with Gasteiger partial charge < -0.3 is 25.1 Å². The number of rotatable bonds is 8. The number of nitrogens with zero attached hydrogens (tertiary/aromatic N) is 1. The Labute approximate surface area is 135 Å². The lowest BCUT2D eigenvalue weighted by molar-refractivity contribution is -0.138. The minimum Gasteiger partial charge on any atom is -0.493 e. The van der Waals surface area contributed by atoms with E-state index in [1.165, 1.54) is 0 Å². The van der Waals surface area contributed by atoms with Crippen molar-refractivity contribution in [2.45, 2.75) is 12.5 Å². The van der Waals surface area contributed by atoms with E-state index in [0.717, 1.165) is 38.4 Å². The third-order valence-electron chi connectivity index (χ3n) is 3.77. The summed E-state index contributed by atoms with van der Waals surface area (Å²) in [7, 11) is 1.56. The summed E-state index contributed by atoms with van der Waals surface area (Å²) in [5, 5.41) is 8.87. The fourth-order valence-electron chi connectivity index (χ4n) is 2.41. The lowest BCUT2D eigenvalue weighted by Crippen LogP contribution is -2.38. The number of ether oxygens (including phenoxy) is 3. The molecule has 23 heavy (non-hydrogen) atoms. The number of morpholine rings is 1. The third kappa shape index (κ3) is 5.38. The lowest BCUT2D eigenvalue weighted by Gasteiger charge is -2.26. The predicted octanol–water partition coefficient (Wildman–Crippen LogP) is 0.361. The van der Waals surface area contributed by atoms with Crippen molar-refractivity contribution in [2.75, 3.05) is 46.6 Å². The number of carboxylic acid groups (broad SMARTS) is 1. The molecule has 0 spiro atoms. The Morgan fingerprint density at radius 1 is 1.39 bits per heavy atom. The topological polar surface area (TPSA) is 94.2 Å². The van der Waals surface area contributed by atoms with Crippen LogP contribution < -0.4 is 15.2 Å². The number of hydrogen-bond donors (Lipinski definition) is 2. The highest BCUT2D eigenvalue weighted by Gasteiger charge is 2.15. The van der Waals surface area contributed by atoms with Crippen LogP contribution in [0.4, 0.5) is 0 Å². The maximum absolute atomic E-state index is 10.8. The van der Waals surface area contributed by atoms with Crippen molar-refractivity contribution in [3.8, 4) is 11.5 Å². The monoisotopic (exact) mass is 324 g/mol. The van der Waals surface area contributed by atoms with E-state index in [1.54, 1.807) is 19.2 Å². The van der Waals surface area contributed by atoms with Gasteiger partial charge in [-0.3, -0.25) is 9.69 Å². The van der Waals surface area contributed by atoms with Crippen molar-refractivity contribution in [3.05, 3.63) is 23.8 Å². The number of nitrogens with two attached hydrogens (primary N) is 1. The van der Waals surface area contributed by atoms with Gasteiger partial charge in [-0.1, -0.05) is 6.07 Å². The van der Waals surface area contributed by atoms with Crippen LogP contribution in [0, 0.1) is 0 Å². The van der Waals surface area contributed by atoms with E-state index in [1.807, 2.05) is 6.07 Å². The highest BCUT2D eigenvalue weighted by atomic mass is 16.5. The number of carbonyl (C=O) groups is 1. The van der Waals surface area contributed by atoms with Crippen LogP contribution in [0.2, 0.25) is 0 Å². The van der Waals surface area contributed by atoms with Gasteiger partial charge in [0.05, 0.1) is 20.3 Å². The second-order valence-electron chi connectivity index (χ2n) is 5.44. The molecule has 1 aliphatic heterocycles. The van der Waals surface area contributed by atoms with Gasteiger partial charge in [0, 0.05) is 19.6 Å². The minimum atomic E-state index is -1.02. The summed E-state index contributed by atoms with van der Waals surface area (Å²) < 4.78 is 16.4. The molecule has 3 N–H and O–H groups in total. The van der Waals surface area contributed by atoms with Crippen LogP contribution in [-0.2, 0) is 16.0 Å². The molecule has 2 rings (SSSR count). The summed E-state index contributed by atoms with van der Waals surface area (Å²) in [4.78, 5) is 13.1. The molecule has 1 fully saturated rings. The first-order valence-electron chi connectivity index (χ1n) is 7.68. The quantitative estimate of drug-likeness (QED) is 0.713. The zero-order valence-corrected chi connectivity index (χ0v) is 13.4. The first-order chi connectivity index (χ1) is 11.1. The maximum Gasteiger partial charge on any atom is 0.320 e. The van der Waals surface area contributed by atoms with Gasteiger partial charge in [-0.25, -0.2) is 0 Å². The number of hydrogen-bond acceptors (Lipinski definition) is 6. The van der Waals surface area contributed by atoms with E-state index in [-0.39, 0.29) is 6.42 Å². The summed E-state index contributed by atoms with van der Waals surface area (Å²) in [6.07, 6.45) is 0.250. The molecule has 0 saturated carbocycles. The zero-order valence-electron chi connectivity index (χ0n) is 13.4. The average molecular weight is 324 g/mol. The predicted molar refractivity (Wildman–Crippen MR) is 85.1 cm³/mol. The Kier molecular flexibility index (Phi) is 6.64. The van der Waals surface area contributed by atoms with Crippen LogP contribution in [0.25, 0.3) is 0 Å². The molecule has 1 aromatic rings. The van der Waals surface area contributed by atoms with Gasteiger partial charge in [0.15, 0.2) is 11.5 Å². The molecule has 1 heterocycles. The Hall–Kier alpha value is -1.83. The molecule has 7 heteroatoms. The fourth-order valence-corrected chi connectivity index (χ4v) is 2.41. The molecule has 0 radical (unpaired) electrons. The second kappa shape index (κ2) is 8.71. The van der Waals surface area contributed by atoms with Gasteiger partial charge in [-0.15, -0.1) is 0 Å². The van der Waals surface area contributed by atoms with Crippen molar-refractivity contribution in [1.29, 1.82) is 0 Å². The number of carboxylic acids is 1. The molecular weight excluding hydrogens is 300 g/mol. The Morgan fingerprint density at radius 3 is 2.78 bits per heavy atom. The minimum absolute atomic E-state index is 0.250. The summed E-state index contributed by atoms with van der Waals surface area (Å²) in [5.41, 5.74) is 6.36. The second-order valence-corrected chi connectivity index (χ2v) is 5.44. The number of methoxy groups -OCH3 is 1. The molecule has 1 unspecified atom stereocenters. The van der Waals surface area contributed by atoms with Crippen LogP contribution in [0.15, 0.2) is 18.2 Å². The van der Waals surface area contributed by atoms with Crippen LogP contribution in [0.1, 0.15) is 5.56 Å². The molecule has 128 valence electrons. The van der Waals surface area contributed by atoms with E-state index in [9.17, 15) is 4.79 Å². The van der Waals surface area contributed by atoms with Crippen molar-refractivity contribution in [3.63, 3.8) is 0 Å². The van der Waals surface area contributed by atoms with Crippen LogP contribution in [0.5, 0.6) is 11.5 Å². The summed E-state index contributed by atoms with van der Waals surface area (Å²) in [6, 6.07) is 4.46. The van der Waals surface area contributed by atoms with E-state index in [4.69, 9.17) is 25.1 Å². The summed E-state index contributed by atoms with van der Waals surface area (Å²) in [5.74, 6) is 0.213. The largest absolute Gasteiger partial charge is 0.493 e. The van der Waals surface area contributed by atoms with E-state index < -0.39 is 12.0 Å². The molecule has 1 saturated heterocycles. The number of benzene rings is 1. The van der Waals surface area contributed by atoms with Crippen molar-refractivity contribution >= 4 is 5.97 Å².